The van der Waals surface area contributed by atoms with E-state index in [1.165, 1.54) is 6.42 Å². The highest BCUT2D eigenvalue weighted by Gasteiger charge is 2.17. The van der Waals surface area contributed by atoms with Gasteiger partial charge in [0.2, 0.25) is 0 Å². The Morgan fingerprint density at radius 2 is 2.54 bits per heavy atom. The van der Waals surface area contributed by atoms with Crippen molar-refractivity contribution in [1.29, 1.82) is 0 Å². The van der Waals surface area contributed by atoms with Crippen LogP contribution in [0.15, 0.2) is 12.3 Å². The standard InChI is InChI=1S/C9H15N3O/c10-7-8-4-5-11-12(8)9-3-1-2-6-13-9/h4-5,9H,1-3,6-7,10H2/t9-/m0/s1. The maximum atomic E-state index is 5.61. The third-order valence-electron chi connectivity index (χ3n) is 2.39. The van der Waals surface area contributed by atoms with Crippen LogP contribution in [0.1, 0.15) is 31.2 Å². The van der Waals surface area contributed by atoms with Gasteiger partial charge >= 0.3 is 0 Å². The second-order valence-electron chi connectivity index (χ2n) is 3.29. The van der Waals surface area contributed by atoms with Gasteiger partial charge in [0.25, 0.3) is 0 Å². The first kappa shape index (κ1) is 8.72. The van der Waals surface area contributed by atoms with Gasteiger partial charge in [0.15, 0.2) is 6.23 Å². The summed E-state index contributed by atoms with van der Waals surface area (Å²) in [6, 6.07) is 1.94. The highest BCUT2D eigenvalue weighted by molar-refractivity contribution is 5.00. The van der Waals surface area contributed by atoms with Crippen molar-refractivity contribution in [3.63, 3.8) is 0 Å². The van der Waals surface area contributed by atoms with E-state index < -0.39 is 0 Å². The first-order chi connectivity index (χ1) is 6.42. The van der Waals surface area contributed by atoms with Crippen LogP contribution in [-0.2, 0) is 11.3 Å². The first-order valence-electron chi connectivity index (χ1n) is 4.76. The number of aromatic nitrogens is 2. The predicted molar refractivity (Wildman–Crippen MR) is 49.0 cm³/mol. The number of rotatable bonds is 2. The molecule has 1 fully saturated rings. The van der Waals surface area contributed by atoms with E-state index in [2.05, 4.69) is 5.10 Å². The van der Waals surface area contributed by atoms with E-state index in [0.717, 1.165) is 25.1 Å². The third-order valence-corrected chi connectivity index (χ3v) is 2.39. The zero-order chi connectivity index (χ0) is 9.10. The predicted octanol–water partition coefficient (Wildman–Crippen LogP) is 1.04. The topological polar surface area (TPSA) is 53.1 Å². The number of nitrogens with zero attached hydrogens (tertiary/aromatic N) is 2. The summed E-state index contributed by atoms with van der Waals surface area (Å²) in [5.74, 6) is 0. The van der Waals surface area contributed by atoms with Crippen LogP contribution in [0.2, 0.25) is 0 Å². The molecule has 13 heavy (non-hydrogen) atoms. The summed E-state index contributed by atoms with van der Waals surface area (Å²) >= 11 is 0. The molecule has 0 unspecified atom stereocenters. The minimum atomic E-state index is 0.113. The van der Waals surface area contributed by atoms with Crippen LogP contribution in [0.5, 0.6) is 0 Å². The highest BCUT2D eigenvalue weighted by atomic mass is 16.5. The van der Waals surface area contributed by atoms with Gasteiger partial charge in [0.1, 0.15) is 0 Å². The van der Waals surface area contributed by atoms with E-state index >= 15 is 0 Å². The highest BCUT2D eigenvalue weighted by Crippen LogP contribution is 2.22. The molecule has 0 saturated carbocycles. The Bertz CT molecular complexity index is 266. The molecule has 1 aromatic rings. The van der Waals surface area contributed by atoms with Gasteiger partial charge in [-0.05, 0) is 25.3 Å². The fourth-order valence-electron chi connectivity index (χ4n) is 1.68. The molecule has 2 heterocycles. The summed E-state index contributed by atoms with van der Waals surface area (Å²) in [6.07, 6.45) is 5.32. The Hall–Kier alpha value is -0.870. The summed E-state index contributed by atoms with van der Waals surface area (Å²) in [5.41, 5.74) is 6.63. The normalized spacial score (nSPS) is 23.3. The molecule has 2 N–H and O–H groups in total. The van der Waals surface area contributed by atoms with Gasteiger partial charge in [-0.1, -0.05) is 0 Å². The molecule has 0 spiro atoms. The van der Waals surface area contributed by atoms with E-state index in [0.29, 0.717) is 6.54 Å². The Morgan fingerprint density at radius 3 is 3.23 bits per heavy atom. The van der Waals surface area contributed by atoms with Gasteiger partial charge in [0, 0.05) is 19.3 Å². The lowest BCUT2D eigenvalue weighted by atomic mass is 10.2. The van der Waals surface area contributed by atoms with Crippen LogP contribution in [0.25, 0.3) is 0 Å². The summed E-state index contributed by atoms with van der Waals surface area (Å²) in [4.78, 5) is 0. The first-order valence-corrected chi connectivity index (χ1v) is 4.76. The SMILES string of the molecule is NCc1ccnn1[C@@H]1CCCCO1. The molecule has 72 valence electrons. The molecule has 2 rings (SSSR count). The van der Waals surface area contributed by atoms with Crippen LogP contribution in [0.3, 0.4) is 0 Å². The third kappa shape index (κ3) is 1.73. The Kier molecular flexibility index (Phi) is 2.61. The van der Waals surface area contributed by atoms with Gasteiger partial charge < -0.3 is 10.5 Å². The molecule has 4 heteroatoms. The Balaban J connectivity index is 2.13. The number of hydrogen-bond donors (Lipinski definition) is 1. The lowest BCUT2D eigenvalue weighted by Crippen LogP contribution is -2.21. The van der Waals surface area contributed by atoms with Gasteiger partial charge in [-0.15, -0.1) is 0 Å². The molecule has 0 radical (unpaired) electrons. The van der Waals surface area contributed by atoms with Crippen molar-refractivity contribution in [1.82, 2.24) is 9.78 Å². The molecular formula is C9H15N3O. The van der Waals surface area contributed by atoms with E-state index in [4.69, 9.17) is 10.5 Å². The molecular weight excluding hydrogens is 166 g/mol. The van der Waals surface area contributed by atoms with Crippen LogP contribution >= 0.6 is 0 Å². The van der Waals surface area contributed by atoms with Crippen LogP contribution in [0, 0.1) is 0 Å². The summed E-state index contributed by atoms with van der Waals surface area (Å²) in [7, 11) is 0. The maximum Gasteiger partial charge on any atom is 0.150 e. The fourth-order valence-corrected chi connectivity index (χ4v) is 1.68. The minimum Gasteiger partial charge on any atom is -0.357 e. The zero-order valence-electron chi connectivity index (χ0n) is 7.65. The van der Waals surface area contributed by atoms with Gasteiger partial charge in [-0.2, -0.15) is 5.10 Å². The molecule has 0 aliphatic carbocycles. The van der Waals surface area contributed by atoms with Gasteiger partial charge in [0.05, 0.1) is 5.69 Å². The second-order valence-corrected chi connectivity index (χ2v) is 3.29. The van der Waals surface area contributed by atoms with Crippen molar-refractivity contribution in [3.05, 3.63) is 18.0 Å². The van der Waals surface area contributed by atoms with Crippen molar-refractivity contribution in [2.75, 3.05) is 6.61 Å². The summed E-state index contributed by atoms with van der Waals surface area (Å²) < 4.78 is 7.51. The van der Waals surface area contributed by atoms with Crippen LogP contribution < -0.4 is 5.73 Å². The van der Waals surface area contributed by atoms with Crippen molar-refractivity contribution >= 4 is 0 Å². The molecule has 1 aliphatic rings. The van der Waals surface area contributed by atoms with E-state index in [9.17, 15) is 0 Å². The lowest BCUT2D eigenvalue weighted by molar-refractivity contribution is -0.0410. The average molecular weight is 181 g/mol. The van der Waals surface area contributed by atoms with E-state index in [-0.39, 0.29) is 6.23 Å². The molecule has 0 bridgehead atoms. The van der Waals surface area contributed by atoms with E-state index in [1.54, 1.807) is 6.20 Å². The van der Waals surface area contributed by atoms with E-state index in [1.807, 2.05) is 10.7 Å². The van der Waals surface area contributed by atoms with Crippen molar-refractivity contribution in [3.8, 4) is 0 Å². The van der Waals surface area contributed by atoms with Crippen molar-refractivity contribution < 1.29 is 4.74 Å². The molecule has 1 aromatic heterocycles. The molecule has 1 aliphatic heterocycles. The molecule has 1 atom stereocenters. The van der Waals surface area contributed by atoms with Gasteiger partial charge in [-0.3, -0.25) is 0 Å². The van der Waals surface area contributed by atoms with Gasteiger partial charge in [-0.25, -0.2) is 4.68 Å². The molecule has 0 aromatic carbocycles. The fraction of sp³-hybridized carbons (Fsp3) is 0.667. The Morgan fingerprint density at radius 1 is 1.62 bits per heavy atom. The largest absolute Gasteiger partial charge is 0.357 e. The molecule has 4 nitrogen and oxygen atoms in total. The summed E-state index contributed by atoms with van der Waals surface area (Å²) in [6.45, 7) is 1.37. The van der Waals surface area contributed by atoms with Crippen LogP contribution in [0.4, 0.5) is 0 Å². The Labute approximate surface area is 77.7 Å². The monoisotopic (exact) mass is 181 g/mol. The second kappa shape index (κ2) is 3.89. The minimum absolute atomic E-state index is 0.113. The summed E-state index contributed by atoms with van der Waals surface area (Å²) in [5, 5.41) is 4.22. The number of nitrogens with two attached hydrogens (primary N) is 1. The molecule has 0 amide bonds. The van der Waals surface area contributed by atoms with Crippen molar-refractivity contribution in [2.24, 2.45) is 5.73 Å². The quantitative estimate of drug-likeness (QED) is 0.741. The number of ether oxygens (including phenoxy) is 1. The number of hydrogen-bond acceptors (Lipinski definition) is 3. The lowest BCUT2D eigenvalue weighted by Gasteiger charge is -2.24. The maximum absolute atomic E-state index is 5.61. The smallest absolute Gasteiger partial charge is 0.150 e. The molecule has 1 saturated heterocycles. The zero-order valence-corrected chi connectivity index (χ0v) is 7.65. The van der Waals surface area contributed by atoms with Crippen molar-refractivity contribution in [2.45, 2.75) is 32.0 Å². The van der Waals surface area contributed by atoms with Crippen LogP contribution in [-0.4, -0.2) is 16.4 Å². The average Bonchev–Trinajstić information content (AvgIpc) is 2.67.